The van der Waals surface area contributed by atoms with Crippen LogP contribution in [0.15, 0.2) is 41.6 Å². The highest BCUT2D eigenvalue weighted by Gasteiger charge is 2.27. The number of hydrogen-bond donors (Lipinski definition) is 0. The summed E-state index contributed by atoms with van der Waals surface area (Å²) >= 11 is 5.95. The lowest BCUT2D eigenvalue weighted by atomic mass is 9.94. The number of sulfone groups is 1. The Kier molecular flexibility index (Phi) is 5.18. The maximum absolute atomic E-state index is 12.1. The van der Waals surface area contributed by atoms with Crippen molar-refractivity contribution in [2.45, 2.75) is 30.2 Å². The van der Waals surface area contributed by atoms with E-state index < -0.39 is 9.84 Å². The lowest BCUT2D eigenvalue weighted by Crippen LogP contribution is -2.35. The molecule has 7 heteroatoms. The normalized spacial score (nSPS) is 19.3. The van der Waals surface area contributed by atoms with Crippen LogP contribution in [0.5, 0.6) is 0 Å². The van der Waals surface area contributed by atoms with Gasteiger partial charge in [-0.3, -0.25) is 14.9 Å². The van der Waals surface area contributed by atoms with Crippen molar-refractivity contribution < 1.29 is 8.42 Å². The molecule has 0 N–H and O–H groups in total. The monoisotopic (exact) mass is 365 g/mol. The summed E-state index contributed by atoms with van der Waals surface area (Å²) in [5.74, 6) is 0.0875. The van der Waals surface area contributed by atoms with Crippen LogP contribution in [0, 0.1) is 0 Å². The molecule has 0 saturated carbocycles. The third-order valence-electron chi connectivity index (χ3n) is 4.25. The van der Waals surface area contributed by atoms with Gasteiger partial charge in [-0.05, 0) is 37.6 Å². The molecule has 24 heavy (non-hydrogen) atoms. The Morgan fingerprint density at radius 1 is 1.33 bits per heavy atom. The molecule has 0 aromatic carbocycles. The Morgan fingerprint density at radius 2 is 2.17 bits per heavy atom. The molecule has 0 radical (unpaired) electrons. The fourth-order valence-electron chi connectivity index (χ4n) is 3.18. The van der Waals surface area contributed by atoms with E-state index in [1.165, 1.54) is 18.5 Å². The minimum Gasteiger partial charge on any atom is -0.297 e. The highest BCUT2D eigenvalue weighted by Crippen LogP contribution is 2.31. The molecule has 0 amide bonds. The van der Waals surface area contributed by atoms with Gasteiger partial charge in [-0.25, -0.2) is 8.42 Å². The van der Waals surface area contributed by atoms with Gasteiger partial charge >= 0.3 is 0 Å². The Labute approximate surface area is 147 Å². The maximum atomic E-state index is 12.1. The van der Waals surface area contributed by atoms with Crippen molar-refractivity contribution in [3.8, 4) is 0 Å². The SMILES string of the molecule is CS(=O)(=O)c1cc(Cl)cnc1[C@H]1CCCN(Cc2ccccn2)C1. The molecule has 1 aliphatic rings. The number of nitrogens with zero attached hydrogens (tertiary/aromatic N) is 3. The van der Waals surface area contributed by atoms with Crippen molar-refractivity contribution >= 4 is 21.4 Å². The zero-order chi connectivity index (χ0) is 17.2. The first-order chi connectivity index (χ1) is 11.4. The minimum atomic E-state index is -3.36. The van der Waals surface area contributed by atoms with Gasteiger partial charge in [-0.1, -0.05) is 17.7 Å². The third-order valence-corrected chi connectivity index (χ3v) is 5.58. The van der Waals surface area contributed by atoms with Gasteiger partial charge in [-0.15, -0.1) is 0 Å². The second-order valence-corrected chi connectivity index (χ2v) is 8.63. The summed E-state index contributed by atoms with van der Waals surface area (Å²) in [5, 5.41) is 0.348. The van der Waals surface area contributed by atoms with Crippen molar-refractivity contribution in [3.05, 3.63) is 53.1 Å². The van der Waals surface area contributed by atoms with Gasteiger partial charge in [0.2, 0.25) is 0 Å². The summed E-state index contributed by atoms with van der Waals surface area (Å²) in [6, 6.07) is 7.40. The Morgan fingerprint density at radius 3 is 2.88 bits per heavy atom. The molecule has 1 atom stereocenters. The average molecular weight is 366 g/mol. The standard InChI is InChI=1S/C17H20ClN3O2S/c1-24(22,23)16-9-14(18)10-20-17(16)13-5-4-8-21(11-13)12-15-6-2-3-7-19-15/h2-3,6-7,9-10,13H,4-5,8,11-12H2,1H3/t13-/m0/s1. The second kappa shape index (κ2) is 7.17. The van der Waals surface area contributed by atoms with Crippen LogP contribution in [0.3, 0.4) is 0 Å². The predicted octanol–water partition coefficient (Wildman–Crippen LogP) is 2.91. The fraction of sp³-hybridized carbons (Fsp3) is 0.412. The number of pyridine rings is 2. The molecular formula is C17H20ClN3O2S. The van der Waals surface area contributed by atoms with Crippen molar-refractivity contribution in [3.63, 3.8) is 0 Å². The molecule has 3 heterocycles. The molecule has 0 spiro atoms. The number of hydrogen-bond acceptors (Lipinski definition) is 5. The summed E-state index contributed by atoms with van der Waals surface area (Å²) in [6.07, 6.45) is 6.46. The van der Waals surface area contributed by atoms with E-state index in [-0.39, 0.29) is 10.8 Å². The smallest absolute Gasteiger partial charge is 0.177 e. The zero-order valence-electron chi connectivity index (χ0n) is 13.5. The Hall–Kier alpha value is -1.50. The minimum absolute atomic E-state index is 0.0875. The number of piperidine rings is 1. The molecule has 2 aromatic rings. The number of aromatic nitrogens is 2. The molecule has 2 aromatic heterocycles. The van der Waals surface area contributed by atoms with E-state index in [4.69, 9.17) is 11.6 Å². The molecule has 5 nitrogen and oxygen atoms in total. The van der Waals surface area contributed by atoms with Crippen LogP contribution in [0.2, 0.25) is 5.02 Å². The van der Waals surface area contributed by atoms with Gasteiger partial charge in [-0.2, -0.15) is 0 Å². The van der Waals surface area contributed by atoms with Crippen LogP contribution in [0.25, 0.3) is 0 Å². The quantitative estimate of drug-likeness (QED) is 0.833. The summed E-state index contributed by atoms with van der Waals surface area (Å²) in [6.45, 7) is 2.52. The van der Waals surface area contributed by atoms with Crippen LogP contribution in [0.1, 0.15) is 30.1 Å². The summed E-state index contributed by atoms with van der Waals surface area (Å²) in [4.78, 5) is 11.3. The first-order valence-corrected chi connectivity index (χ1v) is 10.2. The van der Waals surface area contributed by atoms with E-state index in [1.54, 1.807) is 6.20 Å². The van der Waals surface area contributed by atoms with Crippen molar-refractivity contribution in [1.82, 2.24) is 14.9 Å². The number of halogens is 1. The first-order valence-electron chi connectivity index (χ1n) is 7.91. The van der Waals surface area contributed by atoms with Gasteiger partial charge in [0.05, 0.1) is 21.3 Å². The van der Waals surface area contributed by atoms with Gasteiger partial charge in [0.1, 0.15) is 0 Å². The number of rotatable bonds is 4. The van der Waals surface area contributed by atoms with E-state index in [9.17, 15) is 8.42 Å². The number of likely N-dealkylation sites (tertiary alicyclic amines) is 1. The van der Waals surface area contributed by atoms with E-state index in [2.05, 4.69) is 14.9 Å². The molecule has 3 rings (SSSR count). The highest BCUT2D eigenvalue weighted by molar-refractivity contribution is 7.90. The van der Waals surface area contributed by atoms with E-state index in [1.807, 2.05) is 18.2 Å². The molecule has 0 aliphatic carbocycles. The fourth-order valence-corrected chi connectivity index (χ4v) is 4.34. The highest BCUT2D eigenvalue weighted by atomic mass is 35.5. The van der Waals surface area contributed by atoms with Crippen LogP contribution in [-0.4, -0.2) is 42.6 Å². The Bertz CT molecular complexity index is 812. The van der Waals surface area contributed by atoms with Gasteiger partial charge in [0.25, 0.3) is 0 Å². The summed E-state index contributed by atoms with van der Waals surface area (Å²) in [5.41, 5.74) is 1.65. The molecule has 0 bridgehead atoms. The average Bonchev–Trinajstić information content (AvgIpc) is 2.55. The lowest BCUT2D eigenvalue weighted by molar-refractivity contribution is 0.195. The van der Waals surface area contributed by atoms with Crippen LogP contribution in [-0.2, 0) is 16.4 Å². The van der Waals surface area contributed by atoms with Crippen LogP contribution >= 0.6 is 11.6 Å². The van der Waals surface area contributed by atoms with Crippen molar-refractivity contribution in [2.24, 2.45) is 0 Å². The van der Waals surface area contributed by atoms with Crippen molar-refractivity contribution in [2.75, 3.05) is 19.3 Å². The zero-order valence-corrected chi connectivity index (χ0v) is 15.1. The summed E-state index contributed by atoms with van der Waals surface area (Å²) < 4.78 is 24.2. The lowest BCUT2D eigenvalue weighted by Gasteiger charge is -2.32. The first kappa shape index (κ1) is 17.3. The van der Waals surface area contributed by atoms with Crippen molar-refractivity contribution in [1.29, 1.82) is 0 Å². The van der Waals surface area contributed by atoms with Gasteiger partial charge in [0, 0.05) is 37.7 Å². The van der Waals surface area contributed by atoms with E-state index in [0.29, 0.717) is 10.7 Å². The van der Waals surface area contributed by atoms with E-state index in [0.717, 1.165) is 38.2 Å². The maximum Gasteiger partial charge on any atom is 0.177 e. The molecule has 1 saturated heterocycles. The molecule has 0 unspecified atom stereocenters. The van der Waals surface area contributed by atoms with Gasteiger partial charge in [0.15, 0.2) is 9.84 Å². The van der Waals surface area contributed by atoms with Crippen LogP contribution < -0.4 is 0 Å². The van der Waals surface area contributed by atoms with Crippen LogP contribution in [0.4, 0.5) is 0 Å². The summed E-state index contributed by atoms with van der Waals surface area (Å²) in [7, 11) is -3.36. The largest absolute Gasteiger partial charge is 0.297 e. The molecule has 1 fully saturated rings. The topological polar surface area (TPSA) is 63.2 Å². The predicted molar refractivity (Wildman–Crippen MR) is 93.8 cm³/mol. The molecule has 128 valence electrons. The molecule has 1 aliphatic heterocycles. The molecular weight excluding hydrogens is 346 g/mol. The third kappa shape index (κ3) is 4.12. The Balaban J connectivity index is 1.83. The van der Waals surface area contributed by atoms with E-state index >= 15 is 0 Å². The second-order valence-electron chi connectivity index (χ2n) is 6.20. The van der Waals surface area contributed by atoms with Gasteiger partial charge < -0.3 is 0 Å².